The fourth-order valence-corrected chi connectivity index (χ4v) is 2.48. The molecule has 3 rings (SSSR count). The number of nitrogens with one attached hydrogen (secondary N) is 2. The van der Waals surface area contributed by atoms with Crippen molar-refractivity contribution in [2.75, 3.05) is 25.1 Å². The molecule has 0 spiro atoms. The molecular weight excluding hydrogens is 272 g/mol. The summed E-state index contributed by atoms with van der Waals surface area (Å²) in [6.07, 6.45) is 0.0701. The lowest BCUT2D eigenvalue weighted by Crippen LogP contribution is -2.30. The van der Waals surface area contributed by atoms with E-state index in [0.29, 0.717) is 18.9 Å². The summed E-state index contributed by atoms with van der Waals surface area (Å²) in [7, 11) is 0. The lowest BCUT2D eigenvalue weighted by Gasteiger charge is -2.19. The lowest BCUT2D eigenvalue weighted by atomic mass is 10.1. The Morgan fingerprint density at radius 1 is 1.43 bits per heavy atom. The van der Waals surface area contributed by atoms with Gasteiger partial charge in [0.1, 0.15) is 5.75 Å². The van der Waals surface area contributed by atoms with Gasteiger partial charge >= 0.3 is 0 Å². The van der Waals surface area contributed by atoms with Gasteiger partial charge in [0.05, 0.1) is 18.4 Å². The minimum atomic E-state index is -0.486. The normalized spacial score (nSPS) is 23.3. The predicted octanol–water partition coefficient (Wildman–Crippen LogP) is 1.26. The third-order valence-corrected chi connectivity index (χ3v) is 3.45. The van der Waals surface area contributed by atoms with Crippen LogP contribution in [0.15, 0.2) is 18.2 Å². The molecule has 0 saturated carbocycles. The van der Waals surface area contributed by atoms with Crippen molar-refractivity contribution in [2.45, 2.75) is 32.3 Å². The van der Waals surface area contributed by atoms with E-state index in [1.54, 1.807) is 0 Å². The lowest BCUT2D eigenvalue weighted by molar-refractivity contribution is -0.137. The van der Waals surface area contributed by atoms with Gasteiger partial charge in [-0.15, -0.1) is 0 Å². The molecule has 0 aliphatic carbocycles. The van der Waals surface area contributed by atoms with Gasteiger partial charge in [0, 0.05) is 13.1 Å². The molecule has 6 heteroatoms. The van der Waals surface area contributed by atoms with Gasteiger partial charge in [-0.3, -0.25) is 4.79 Å². The summed E-state index contributed by atoms with van der Waals surface area (Å²) in [4.78, 5) is 11.3. The number of carbonyl (C=O) groups excluding carboxylic acids is 1. The molecule has 0 aromatic heterocycles. The van der Waals surface area contributed by atoms with Crippen LogP contribution in [0.25, 0.3) is 0 Å². The van der Waals surface area contributed by atoms with Gasteiger partial charge in [0.2, 0.25) is 0 Å². The standard InChI is InChI=1S/C15H20N2O4/c1-15(2)20-8-11(21-15)7-16-6-10-3-4-13-12(5-10)17-14(18)9-19-13/h3-5,11,16H,6-9H2,1-2H3,(H,17,18). The minimum Gasteiger partial charge on any atom is -0.482 e. The fraction of sp³-hybridized carbons (Fsp3) is 0.533. The number of hydrogen-bond acceptors (Lipinski definition) is 5. The van der Waals surface area contributed by atoms with E-state index in [0.717, 1.165) is 17.8 Å². The maximum atomic E-state index is 11.3. The number of hydrogen-bond donors (Lipinski definition) is 2. The quantitative estimate of drug-likeness (QED) is 0.874. The van der Waals surface area contributed by atoms with E-state index < -0.39 is 5.79 Å². The van der Waals surface area contributed by atoms with E-state index in [9.17, 15) is 4.79 Å². The van der Waals surface area contributed by atoms with Crippen LogP contribution in [-0.2, 0) is 20.8 Å². The molecule has 0 bridgehead atoms. The van der Waals surface area contributed by atoms with Crippen LogP contribution in [-0.4, -0.2) is 37.6 Å². The first kappa shape index (κ1) is 14.3. The minimum absolute atomic E-state index is 0.0701. The Balaban J connectivity index is 1.52. The molecule has 1 aromatic carbocycles. The Labute approximate surface area is 123 Å². The van der Waals surface area contributed by atoms with E-state index in [-0.39, 0.29) is 18.6 Å². The maximum Gasteiger partial charge on any atom is 0.262 e. The van der Waals surface area contributed by atoms with E-state index in [2.05, 4.69) is 10.6 Å². The van der Waals surface area contributed by atoms with Crippen molar-refractivity contribution in [1.82, 2.24) is 5.32 Å². The van der Waals surface area contributed by atoms with Crippen molar-refractivity contribution in [3.63, 3.8) is 0 Å². The molecule has 1 saturated heterocycles. The van der Waals surface area contributed by atoms with Gasteiger partial charge in [-0.2, -0.15) is 0 Å². The molecule has 1 aromatic rings. The van der Waals surface area contributed by atoms with Gasteiger partial charge in [-0.25, -0.2) is 0 Å². The second kappa shape index (κ2) is 5.63. The number of rotatable bonds is 4. The van der Waals surface area contributed by atoms with Crippen LogP contribution in [0.3, 0.4) is 0 Å². The van der Waals surface area contributed by atoms with Gasteiger partial charge in [0.25, 0.3) is 5.91 Å². The first-order valence-corrected chi connectivity index (χ1v) is 7.10. The second-order valence-electron chi connectivity index (χ2n) is 5.75. The summed E-state index contributed by atoms with van der Waals surface area (Å²) in [5.41, 5.74) is 1.81. The van der Waals surface area contributed by atoms with Crippen LogP contribution < -0.4 is 15.4 Å². The maximum absolute atomic E-state index is 11.3. The molecule has 2 heterocycles. The number of carbonyl (C=O) groups is 1. The van der Waals surface area contributed by atoms with E-state index in [1.807, 2.05) is 32.0 Å². The van der Waals surface area contributed by atoms with Gasteiger partial charge in [-0.1, -0.05) is 6.07 Å². The zero-order valence-electron chi connectivity index (χ0n) is 12.3. The van der Waals surface area contributed by atoms with E-state index in [4.69, 9.17) is 14.2 Å². The molecule has 21 heavy (non-hydrogen) atoms. The van der Waals surface area contributed by atoms with Crippen molar-refractivity contribution in [3.05, 3.63) is 23.8 Å². The van der Waals surface area contributed by atoms with E-state index >= 15 is 0 Å². The monoisotopic (exact) mass is 292 g/mol. The van der Waals surface area contributed by atoms with Crippen molar-refractivity contribution in [3.8, 4) is 5.75 Å². The Bertz CT molecular complexity index is 544. The molecule has 2 N–H and O–H groups in total. The summed E-state index contributed by atoms with van der Waals surface area (Å²) in [5.74, 6) is 0.110. The molecule has 6 nitrogen and oxygen atoms in total. The second-order valence-corrected chi connectivity index (χ2v) is 5.75. The SMILES string of the molecule is CC1(C)OCC(CNCc2ccc3c(c2)NC(=O)CO3)O1. The van der Waals surface area contributed by atoms with Gasteiger partial charge in [0.15, 0.2) is 12.4 Å². The highest BCUT2D eigenvalue weighted by Gasteiger charge is 2.32. The third-order valence-electron chi connectivity index (χ3n) is 3.45. The molecule has 1 amide bonds. The summed E-state index contributed by atoms with van der Waals surface area (Å²) >= 11 is 0. The Morgan fingerprint density at radius 2 is 2.29 bits per heavy atom. The molecule has 114 valence electrons. The smallest absolute Gasteiger partial charge is 0.262 e. The Kier molecular flexibility index (Phi) is 3.84. The first-order chi connectivity index (χ1) is 10.0. The van der Waals surface area contributed by atoms with Gasteiger partial charge in [-0.05, 0) is 31.5 Å². The highest BCUT2D eigenvalue weighted by molar-refractivity contribution is 5.95. The molecule has 0 radical (unpaired) electrons. The summed E-state index contributed by atoms with van der Waals surface area (Å²) < 4.78 is 16.6. The number of ether oxygens (including phenoxy) is 3. The number of amides is 1. The highest BCUT2D eigenvalue weighted by atomic mass is 16.7. The van der Waals surface area contributed by atoms with Crippen molar-refractivity contribution in [1.29, 1.82) is 0 Å². The average molecular weight is 292 g/mol. The zero-order chi connectivity index (χ0) is 14.9. The predicted molar refractivity (Wildman–Crippen MR) is 77.2 cm³/mol. The van der Waals surface area contributed by atoms with Crippen LogP contribution in [0.2, 0.25) is 0 Å². The Hall–Kier alpha value is -1.63. The van der Waals surface area contributed by atoms with Crippen LogP contribution >= 0.6 is 0 Å². The molecule has 2 aliphatic heterocycles. The molecular formula is C15H20N2O4. The molecule has 1 atom stereocenters. The third kappa shape index (κ3) is 3.53. The van der Waals surface area contributed by atoms with Crippen molar-refractivity contribution < 1.29 is 19.0 Å². The summed E-state index contributed by atoms with van der Waals surface area (Å²) in [5, 5.41) is 6.15. The summed E-state index contributed by atoms with van der Waals surface area (Å²) in [6, 6.07) is 5.79. The Morgan fingerprint density at radius 3 is 3.05 bits per heavy atom. The number of benzene rings is 1. The van der Waals surface area contributed by atoms with Gasteiger partial charge < -0.3 is 24.8 Å². The van der Waals surface area contributed by atoms with Crippen LogP contribution in [0, 0.1) is 0 Å². The van der Waals surface area contributed by atoms with Crippen LogP contribution in [0.4, 0.5) is 5.69 Å². The molecule has 1 fully saturated rings. The van der Waals surface area contributed by atoms with Crippen LogP contribution in [0.5, 0.6) is 5.75 Å². The van der Waals surface area contributed by atoms with Crippen molar-refractivity contribution >= 4 is 11.6 Å². The molecule has 1 unspecified atom stereocenters. The van der Waals surface area contributed by atoms with E-state index in [1.165, 1.54) is 0 Å². The zero-order valence-corrected chi connectivity index (χ0v) is 12.3. The summed E-state index contributed by atoms with van der Waals surface area (Å²) in [6.45, 7) is 5.94. The topological polar surface area (TPSA) is 68.8 Å². The number of fused-ring (bicyclic) bond motifs is 1. The largest absolute Gasteiger partial charge is 0.482 e. The average Bonchev–Trinajstić information content (AvgIpc) is 2.78. The fourth-order valence-electron chi connectivity index (χ4n) is 2.48. The number of anilines is 1. The first-order valence-electron chi connectivity index (χ1n) is 7.10. The van der Waals surface area contributed by atoms with Crippen molar-refractivity contribution in [2.24, 2.45) is 0 Å². The highest BCUT2D eigenvalue weighted by Crippen LogP contribution is 2.28. The van der Waals surface area contributed by atoms with Crippen LogP contribution in [0.1, 0.15) is 19.4 Å². The molecule has 2 aliphatic rings.